The monoisotopic (exact) mass is 523 g/mol. The van der Waals surface area contributed by atoms with Gasteiger partial charge in [-0.15, -0.1) is 13.2 Å². The van der Waals surface area contributed by atoms with Crippen LogP contribution in [0.4, 0.5) is 18.9 Å². The predicted molar refractivity (Wildman–Crippen MR) is 139 cm³/mol. The molecule has 0 unspecified atom stereocenters. The Morgan fingerprint density at radius 1 is 0.842 bits per heavy atom. The number of carbonyl (C=O) groups excluding carboxylic acids is 1. The number of nitrogens with one attached hydrogen (secondary N) is 1. The van der Waals surface area contributed by atoms with Crippen molar-refractivity contribution in [2.75, 3.05) is 38.0 Å². The van der Waals surface area contributed by atoms with Gasteiger partial charge in [0, 0.05) is 38.4 Å². The van der Waals surface area contributed by atoms with E-state index in [1.165, 1.54) is 29.8 Å². The second kappa shape index (κ2) is 11.2. The van der Waals surface area contributed by atoms with Gasteiger partial charge in [-0.1, -0.05) is 42.5 Å². The number of benzene rings is 3. The van der Waals surface area contributed by atoms with Gasteiger partial charge in [-0.05, 0) is 42.0 Å². The fourth-order valence-electron chi connectivity index (χ4n) is 4.64. The van der Waals surface area contributed by atoms with Crippen LogP contribution in [0.2, 0.25) is 0 Å². The van der Waals surface area contributed by atoms with E-state index in [0.717, 1.165) is 49.6 Å². The van der Waals surface area contributed by atoms with Crippen molar-refractivity contribution >= 4 is 22.6 Å². The highest BCUT2D eigenvalue weighted by molar-refractivity contribution is 5.92. The van der Waals surface area contributed by atoms with Gasteiger partial charge in [0.05, 0.1) is 24.1 Å². The topological polar surface area (TPSA) is 62.6 Å². The summed E-state index contributed by atoms with van der Waals surface area (Å²) in [5, 5.41) is 2.73. The second-order valence-corrected chi connectivity index (χ2v) is 9.26. The lowest BCUT2D eigenvalue weighted by atomic mass is 10.2. The van der Waals surface area contributed by atoms with Gasteiger partial charge in [-0.2, -0.15) is 0 Å². The van der Waals surface area contributed by atoms with E-state index >= 15 is 0 Å². The highest BCUT2D eigenvalue weighted by Crippen LogP contribution is 2.24. The summed E-state index contributed by atoms with van der Waals surface area (Å²) in [5.41, 5.74) is 3.72. The van der Waals surface area contributed by atoms with Crippen LogP contribution in [-0.2, 0) is 17.9 Å². The molecule has 0 bridgehead atoms. The number of anilines is 1. The quantitative estimate of drug-likeness (QED) is 0.362. The van der Waals surface area contributed by atoms with Crippen molar-refractivity contribution in [1.29, 1.82) is 0 Å². The molecule has 0 radical (unpaired) electrons. The summed E-state index contributed by atoms with van der Waals surface area (Å²) in [6.45, 7) is 4.72. The maximum Gasteiger partial charge on any atom is 0.573 e. The molecule has 1 amide bonds. The molecule has 0 saturated carbocycles. The largest absolute Gasteiger partial charge is 0.573 e. The van der Waals surface area contributed by atoms with Crippen molar-refractivity contribution in [2.24, 2.45) is 0 Å². The Labute approximate surface area is 218 Å². The minimum atomic E-state index is -4.75. The molecule has 38 heavy (non-hydrogen) atoms. The Balaban J connectivity index is 1.15. The first-order valence-corrected chi connectivity index (χ1v) is 12.4. The van der Waals surface area contributed by atoms with E-state index in [-0.39, 0.29) is 18.2 Å². The molecule has 1 saturated heterocycles. The highest BCUT2D eigenvalue weighted by Gasteiger charge is 2.31. The van der Waals surface area contributed by atoms with Crippen molar-refractivity contribution in [3.8, 4) is 5.75 Å². The number of amides is 1. The SMILES string of the molecule is O=C(CN1CCN(Cc2nc3ccccc3n2Cc2ccccc2)CC1)Nc1ccc(OC(F)(F)F)cc1. The van der Waals surface area contributed by atoms with Crippen LogP contribution >= 0.6 is 0 Å². The maximum absolute atomic E-state index is 12.5. The van der Waals surface area contributed by atoms with Gasteiger partial charge in [-0.3, -0.25) is 14.6 Å². The van der Waals surface area contributed by atoms with E-state index in [9.17, 15) is 18.0 Å². The molecule has 0 spiro atoms. The van der Waals surface area contributed by atoms with Crippen LogP contribution in [0.25, 0.3) is 11.0 Å². The van der Waals surface area contributed by atoms with Crippen molar-refractivity contribution < 1.29 is 22.7 Å². The van der Waals surface area contributed by atoms with Crippen molar-refractivity contribution in [2.45, 2.75) is 19.5 Å². The number of halogens is 3. The molecular weight excluding hydrogens is 495 g/mol. The van der Waals surface area contributed by atoms with Gasteiger partial charge in [0.25, 0.3) is 0 Å². The Hall–Kier alpha value is -3.89. The number of rotatable bonds is 8. The first-order chi connectivity index (χ1) is 18.3. The van der Waals surface area contributed by atoms with Gasteiger partial charge in [0.1, 0.15) is 11.6 Å². The van der Waals surface area contributed by atoms with E-state index in [1.54, 1.807) is 0 Å². The Kier molecular flexibility index (Phi) is 7.62. The summed E-state index contributed by atoms with van der Waals surface area (Å²) < 4.78 is 43.1. The third-order valence-corrected chi connectivity index (χ3v) is 6.49. The predicted octanol–water partition coefficient (Wildman–Crippen LogP) is 4.74. The Bertz CT molecular complexity index is 1370. The second-order valence-electron chi connectivity index (χ2n) is 9.26. The normalized spacial score (nSPS) is 15.0. The van der Waals surface area contributed by atoms with E-state index < -0.39 is 6.36 Å². The maximum atomic E-state index is 12.5. The van der Waals surface area contributed by atoms with E-state index in [2.05, 4.69) is 42.6 Å². The standard InChI is InChI=1S/C28H28F3N5O2/c29-28(30,31)38-23-12-10-22(11-13-23)32-27(37)20-35-16-14-34(15-17-35)19-26-33-24-8-4-5-9-25(24)36(26)18-21-6-2-1-3-7-21/h1-13H,14-20H2,(H,32,37). The molecule has 5 rings (SSSR count). The lowest BCUT2D eigenvalue weighted by Gasteiger charge is -2.34. The minimum Gasteiger partial charge on any atom is -0.406 e. The number of hydrogen-bond donors (Lipinski definition) is 1. The van der Waals surface area contributed by atoms with Crippen LogP contribution in [0.3, 0.4) is 0 Å². The molecule has 2 heterocycles. The molecule has 1 fully saturated rings. The van der Waals surface area contributed by atoms with E-state index in [1.807, 2.05) is 36.4 Å². The number of carbonyl (C=O) groups is 1. The highest BCUT2D eigenvalue weighted by atomic mass is 19.4. The first-order valence-electron chi connectivity index (χ1n) is 12.4. The minimum absolute atomic E-state index is 0.209. The number of ether oxygens (including phenoxy) is 1. The zero-order valence-electron chi connectivity index (χ0n) is 20.7. The molecule has 1 N–H and O–H groups in total. The molecule has 7 nitrogen and oxygen atoms in total. The number of hydrogen-bond acceptors (Lipinski definition) is 5. The van der Waals surface area contributed by atoms with Gasteiger partial charge in [-0.25, -0.2) is 4.98 Å². The van der Waals surface area contributed by atoms with E-state index in [4.69, 9.17) is 4.98 Å². The average Bonchev–Trinajstić information content (AvgIpc) is 3.23. The van der Waals surface area contributed by atoms with E-state index in [0.29, 0.717) is 12.2 Å². The number of fused-ring (bicyclic) bond motifs is 1. The molecule has 198 valence electrons. The number of imidazole rings is 1. The molecule has 4 aromatic rings. The number of aromatic nitrogens is 2. The fourth-order valence-corrected chi connectivity index (χ4v) is 4.64. The molecular formula is C28H28F3N5O2. The summed E-state index contributed by atoms with van der Waals surface area (Å²) in [6.07, 6.45) is -4.75. The summed E-state index contributed by atoms with van der Waals surface area (Å²) >= 11 is 0. The smallest absolute Gasteiger partial charge is 0.406 e. The third-order valence-electron chi connectivity index (χ3n) is 6.49. The molecule has 0 atom stereocenters. The van der Waals surface area contributed by atoms with Crippen LogP contribution in [0.15, 0.2) is 78.9 Å². The number of nitrogens with zero attached hydrogens (tertiary/aromatic N) is 4. The summed E-state index contributed by atoms with van der Waals surface area (Å²) in [7, 11) is 0. The van der Waals surface area contributed by atoms with Gasteiger partial charge in [0.15, 0.2) is 0 Å². The molecule has 0 aliphatic carbocycles. The van der Waals surface area contributed by atoms with Crippen LogP contribution in [0.1, 0.15) is 11.4 Å². The van der Waals surface area contributed by atoms with Crippen LogP contribution in [0.5, 0.6) is 5.75 Å². The van der Waals surface area contributed by atoms with Crippen LogP contribution in [0, 0.1) is 0 Å². The van der Waals surface area contributed by atoms with Crippen molar-refractivity contribution in [3.05, 3.63) is 90.3 Å². The van der Waals surface area contributed by atoms with Gasteiger partial charge >= 0.3 is 6.36 Å². The number of alkyl halides is 3. The zero-order valence-corrected chi connectivity index (χ0v) is 20.7. The summed E-state index contributed by atoms with van der Waals surface area (Å²) in [6, 6.07) is 23.6. The van der Waals surface area contributed by atoms with Gasteiger partial charge < -0.3 is 14.6 Å². The third kappa shape index (κ3) is 6.70. The zero-order chi connectivity index (χ0) is 26.5. The van der Waals surface area contributed by atoms with Gasteiger partial charge in [0.2, 0.25) is 5.91 Å². The fraction of sp³-hybridized carbons (Fsp3) is 0.286. The van der Waals surface area contributed by atoms with Crippen molar-refractivity contribution in [3.63, 3.8) is 0 Å². The first kappa shape index (κ1) is 25.7. The molecule has 1 aliphatic heterocycles. The number of para-hydroxylation sites is 2. The molecule has 10 heteroatoms. The van der Waals surface area contributed by atoms with Crippen LogP contribution in [-0.4, -0.2) is 64.3 Å². The average molecular weight is 524 g/mol. The van der Waals surface area contributed by atoms with Crippen molar-refractivity contribution in [1.82, 2.24) is 19.4 Å². The molecule has 1 aromatic heterocycles. The summed E-state index contributed by atoms with van der Waals surface area (Å²) in [4.78, 5) is 21.8. The lowest BCUT2D eigenvalue weighted by Crippen LogP contribution is -2.48. The molecule has 1 aliphatic rings. The number of piperazine rings is 1. The Morgan fingerprint density at radius 2 is 1.50 bits per heavy atom. The lowest BCUT2D eigenvalue weighted by molar-refractivity contribution is -0.274. The van der Waals surface area contributed by atoms with Crippen LogP contribution < -0.4 is 10.1 Å². The molecule has 3 aromatic carbocycles. The summed E-state index contributed by atoms with van der Waals surface area (Å²) in [5.74, 6) is 0.468. The Morgan fingerprint density at radius 3 is 2.21 bits per heavy atom.